The number of hydrogen-bond acceptors (Lipinski definition) is 2. The Balaban J connectivity index is 1.88. The van der Waals surface area contributed by atoms with Crippen molar-refractivity contribution in [3.63, 3.8) is 0 Å². The maximum atomic E-state index is 13.3. The fourth-order valence-electron chi connectivity index (χ4n) is 3.68. The maximum Gasteiger partial charge on any atom is 0.404 e. The predicted octanol–water partition coefficient (Wildman–Crippen LogP) is 4.51. The lowest BCUT2D eigenvalue weighted by molar-refractivity contribution is -0.334. The minimum Gasteiger partial charge on any atom is -0.337 e. The lowest BCUT2D eigenvalue weighted by atomic mass is 9.85. The molecule has 1 aliphatic heterocycles. The van der Waals surface area contributed by atoms with E-state index >= 15 is 0 Å². The lowest BCUT2D eigenvalue weighted by Crippen LogP contribution is -2.52. The molecule has 0 atom stereocenters. The second-order valence-corrected chi connectivity index (χ2v) is 7.24. The number of hydrogen-bond donors (Lipinski definition) is 0. The molecule has 29 heavy (non-hydrogen) atoms. The van der Waals surface area contributed by atoms with Gasteiger partial charge in [-0.15, -0.1) is 0 Å². The first-order chi connectivity index (χ1) is 13.4. The van der Waals surface area contributed by atoms with Crippen LogP contribution >= 0.6 is 0 Å². The molecule has 0 unspecified atom stereocenters. The smallest absolute Gasteiger partial charge is 0.337 e. The van der Waals surface area contributed by atoms with E-state index in [9.17, 15) is 31.1 Å². The molecule has 158 valence electrons. The van der Waals surface area contributed by atoms with Crippen molar-refractivity contribution in [1.82, 2.24) is 14.7 Å². The summed E-state index contributed by atoms with van der Waals surface area (Å²) in [5.74, 6) is -0.866. The summed E-state index contributed by atoms with van der Waals surface area (Å²) < 4.78 is 81.2. The standard InChI is InChI=1S/C19H19F6N3O/c1-12-15(13(2)28(26-12)10-14-6-4-3-5-7-14)16(29)27-9-8-17(11-27,18(20,21)22)19(23,24)25/h3-7H,8-11H2,1-2H3. The molecular formula is C19H19F6N3O. The van der Waals surface area contributed by atoms with Gasteiger partial charge in [0.15, 0.2) is 5.41 Å². The van der Waals surface area contributed by atoms with Crippen LogP contribution in [0.3, 0.4) is 0 Å². The van der Waals surface area contributed by atoms with E-state index in [0.29, 0.717) is 17.1 Å². The van der Waals surface area contributed by atoms with Crippen LogP contribution in [0.1, 0.15) is 33.7 Å². The van der Waals surface area contributed by atoms with E-state index in [1.54, 1.807) is 6.92 Å². The number of halogens is 6. The molecule has 0 N–H and O–H groups in total. The maximum absolute atomic E-state index is 13.3. The Morgan fingerprint density at radius 3 is 2.17 bits per heavy atom. The Labute approximate surface area is 163 Å². The van der Waals surface area contributed by atoms with Crippen molar-refractivity contribution in [3.8, 4) is 0 Å². The Hall–Kier alpha value is -2.52. The van der Waals surface area contributed by atoms with Crippen molar-refractivity contribution in [2.45, 2.75) is 39.2 Å². The van der Waals surface area contributed by atoms with Crippen molar-refractivity contribution >= 4 is 5.91 Å². The fourth-order valence-corrected chi connectivity index (χ4v) is 3.68. The predicted molar refractivity (Wildman–Crippen MR) is 92.3 cm³/mol. The summed E-state index contributed by atoms with van der Waals surface area (Å²) in [6.07, 6.45) is -12.2. The van der Waals surface area contributed by atoms with Gasteiger partial charge in [-0.1, -0.05) is 30.3 Å². The number of alkyl halides is 6. The lowest BCUT2D eigenvalue weighted by Gasteiger charge is -2.33. The van der Waals surface area contributed by atoms with Gasteiger partial charge in [0.1, 0.15) is 0 Å². The number of rotatable bonds is 3. The van der Waals surface area contributed by atoms with Crippen LogP contribution in [0.15, 0.2) is 30.3 Å². The Kier molecular flexibility index (Phi) is 5.17. The average Bonchev–Trinajstić information content (AvgIpc) is 3.18. The molecule has 1 fully saturated rings. The highest BCUT2D eigenvalue weighted by Gasteiger charge is 2.73. The normalized spacial score (nSPS) is 17.0. The topological polar surface area (TPSA) is 38.1 Å². The summed E-state index contributed by atoms with van der Waals surface area (Å²) in [6.45, 7) is 1.35. The summed E-state index contributed by atoms with van der Waals surface area (Å²) in [5, 5.41) is 4.26. The van der Waals surface area contributed by atoms with E-state index in [0.717, 1.165) is 5.56 Å². The molecule has 1 aromatic heterocycles. The van der Waals surface area contributed by atoms with Gasteiger partial charge >= 0.3 is 12.4 Å². The average molecular weight is 419 g/mol. The third-order valence-corrected chi connectivity index (χ3v) is 5.41. The molecule has 2 heterocycles. The highest BCUT2D eigenvalue weighted by molar-refractivity contribution is 5.96. The number of carbonyl (C=O) groups is 1. The Bertz CT molecular complexity index is 887. The molecule has 1 saturated heterocycles. The third-order valence-electron chi connectivity index (χ3n) is 5.41. The molecule has 0 aliphatic carbocycles. The molecule has 1 aliphatic rings. The van der Waals surface area contributed by atoms with Gasteiger partial charge in [-0.05, 0) is 25.8 Å². The van der Waals surface area contributed by atoms with E-state index in [2.05, 4.69) is 5.10 Å². The van der Waals surface area contributed by atoms with Gasteiger partial charge < -0.3 is 4.90 Å². The summed E-state index contributed by atoms with van der Waals surface area (Å²) in [6, 6.07) is 9.18. The van der Waals surface area contributed by atoms with Crippen molar-refractivity contribution in [3.05, 3.63) is 52.8 Å². The molecule has 0 spiro atoms. The minimum absolute atomic E-state index is 0.0427. The zero-order chi connectivity index (χ0) is 21.6. The van der Waals surface area contributed by atoms with Crippen LogP contribution in [-0.4, -0.2) is 46.0 Å². The van der Waals surface area contributed by atoms with Crippen molar-refractivity contribution in [1.29, 1.82) is 0 Å². The van der Waals surface area contributed by atoms with Gasteiger partial charge in [-0.25, -0.2) is 0 Å². The fraction of sp³-hybridized carbons (Fsp3) is 0.474. The summed E-state index contributed by atoms with van der Waals surface area (Å²) >= 11 is 0. The number of carbonyl (C=O) groups excluding carboxylic acids is 1. The number of amides is 1. The van der Waals surface area contributed by atoms with Crippen LogP contribution in [0.5, 0.6) is 0 Å². The van der Waals surface area contributed by atoms with E-state index < -0.39 is 43.2 Å². The first-order valence-electron chi connectivity index (χ1n) is 8.88. The summed E-state index contributed by atoms with van der Waals surface area (Å²) in [7, 11) is 0. The molecule has 4 nitrogen and oxygen atoms in total. The molecule has 1 amide bonds. The number of likely N-dealkylation sites (tertiary alicyclic amines) is 1. The minimum atomic E-state index is -5.50. The van der Waals surface area contributed by atoms with Crippen LogP contribution in [0.25, 0.3) is 0 Å². The van der Waals surface area contributed by atoms with Crippen molar-refractivity contribution in [2.75, 3.05) is 13.1 Å². The molecule has 0 bridgehead atoms. The van der Waals surface area contributed by atoms with Gasteiger partial charge in [-0.2, -0.15) is 31.4 Å². The molecule has 2 aromatic rings. The van der Waals surface area contributed by atoms with Gasteiger partial charge in [0.2, 0.25) is 0 Å². The first kappa shape index (κ1) is 21.2. The van der Waals surface area contributed by atoms with Crippen LogP contribution in [-0.2, 0) is 6.54 Å². The largest absolute Gasteiger partial charge is 0.404 e. The summed E-state index contributed by atoms with van der Waals surface area (Å²) in [4.78, 5) is 13.5. The monoisotopic (exact) mass is 419 g/mol. The van der Waals surface area contributed by atoms with Gasteiger partial charge in [0, 0.05) is 18.8 Å². The quantitative estimate of drug-likeness (QED) is 0.687. The number of aryl methyl sites for hydroxylation is 1. The molecule has 10 heteroatoms. The van der Waals surface area contributed by atoms with Crippen LogP contribution < -0.4 is 0 Å². The van der Waals surface area contributed by atoms with E-state index in [1.807, 2.05) is 30.3 Å². The van der Waals surface area contributed by atoms with E-state index in [1.165, 1.54) is 11.6 Å². The highest BCUT2D eigenvalue weighted by Crippen LogP contribution is 2.55. The molecule has 1 aromatic carbocycles. The number of nitrogens with zero attached hydrogens (tertiary/aromatic N) is 3. The number of benzene rings is 1. The van der Waals surface area contributed by atoms with Crippen LogP contribution in [0, 0.1) is 19.3 Å². The van der Waals surface area contributed by atoms with Gasteiger partial charge in [0.05, 0.1) is 17.8 Å². The SMILES string of the molecule is Cc1nn(Cc2ccccc2)c(C)c1C(=O)N1CCC(C(F)(F)F)(C(F)(F)F)C1. The van der Waals surface area contributed by atoms with Crippen molar-refractivity contribution < 1.29 is 31.1 Å². The second kappa shape index (κ2) is 7.07. The first-order valence-corrected chi connectivity index (χ1v) is 8.88. The van der Waals surface area contributed by atoms with E-state index in [-0.39, 0.29) is 11.3 Å². The van der Waals surface area contributed by atoms with Gasteiger partial charge in [-0.3, -0.25) is 9.48 Å². The van der Waals surface area contributed by atoms with E-state index in [4.69, 9.17) is 0 Å². The van der Waals surface area contributed by atoms with Crippen molar-refractivity contribution in [2.24, 2.45) is 5.41 Å². The zero-order valence-electron chi connectivity index (χ0n) is 15.7. The third kappa shape index (κ3) is 3.60. The highest BCUT2D eigenvalue weighted by atomic mass is 19.4. The molecule has 3 rings (SSSR count). The molecule has 0 radical (unpaired) electrons. The van der Waals surface area contributed by atoms with Crippen LogP contribution in [0.2, 0.25) is 0 Å². The number of aromatic nitrogens is 2. The Morgan fingerprint density at radius 2 is 1.66 bits per heavy atom. The molecular weight excluding hydrogens is 400 g/mol. The molecule has 0 saturated carbocycles. The Morgan fingerprint density at radius 1 is 1.07 bits per heavy atom. The summed E-state index contributed by atoms with van der Waals surface area (Å²) in [5.41, 5.74) is -2.31. The van der Waals surface area contributed by atoms with Crippen LogP contribution in [0.4, 0.5) is 26.3 Å². The van der Waals surface area contributed by atoms with Gasteiger partial charge in [0.25, 0.3) is 5.91 Å². The zero-order valence-corrected chi connectivity index (χ0v) is 15.7. The second-order valence-electron chi connectivity index (χ2n) is 7.24.